The molecular weight excluding hydrogens is 255 g/mol. The lowest BCUT2D eigenvalue weighted by molar-refractivity contribution is -0.138. The second-order valence-corrected chi connectivity index (χ2v) is 4.90. The van der Waals surface area contributed by atoms with Gasteiger partial charge in [0, 0.05) is 6.54 Å². The number of rotatable bonds is 3. The lowest BCUT2D eigenvalue weighted by Crippen LogP contribution is -2.20. The van der Waals surface area contributed by atoms with Crippen LogP contribution in [0.2, 0.25) is 0 Å². The van der Waals surface area contributed by atoms with Gasteiger partial charge in [0.25, 0.3) is 0 Å². The monoisotopic (exact) mass is 273 g/mol. The first-order valence-corrected chi connectivity index (χ1v) is 6.57. The van der Waals surface area contributed by atoms with Crippen LogP contribution in [0.5, 0.6) is 5.75 Å². The van der Waals surface area contributed by atoms with E-state index in [-0.39, 0.29) is 18.2 Å². The quantitative estimate of drug-likeness (QED) is 0.907. The van der Waals surface area contributed by atoms with Crippen molar-refractivity contribution in [3.05, 3.63) is 29.3 Å². The van der Waals surface area contributed by atoms with E-state index >= 15 is 0 Å². The Morgan fingerprint density at radius 2 is 1.84 bits per heavy atom. The van der Waals surface area contributed by atoms with E-state index in [9.17, 15) is 13.2 Å². The maximum atomic E-state index is 12.7. The predicted octanol–water partition coefficient (Wildman–Crippen LogP) is 3.88. The van der Waals surface area contributed by atoms with Crippen LogP contribution in [0.25, 0.3) is 0 Å². The summed E-state index contributed by atoms with van der Waals surface area (Å²) in [4.78, 5) is 0. The summed E-state index contributed by atoms with van der Waals surface area (Å²) in [6.45, 7) is -0.142. The van der Waals surface area contributed by atoms with Crippen LogP contribution in [-0.2, 0) is 12.7 Å². The Morgan fingerprint density at radius 1 is 1.16 bits per heavy atom. The Balaban J connectivity index is 2.14. The number of alkyl halides is 3. The van der Waals surface area contributed by atoms with Gasteiger partial charge in [-0.25, -0.2) is 0 Å². The Hall–Kier alpha value is -1.23. The molecule has 106 valence electrons. The minimum absolute atomic E-state index is 0.0841. The fraction of sp³-hybridized carbons (Fsp3) is 0.571. The van der Waals surface area contributed by atoms with Crippen molar-refractivity contribution in [3.8, 4) is 5.75 Å². The largest absolute Gasteiger partial charge is 0.490 e. The number of benzene rings is 1. The standard InChI is InChI=1S/C14H18F3NO/c15-14(16,17)13-7-6-12(8-10(13)9-18)19-11-4-2-1-3-5-11/h6-8,11H,1-5,9,18H2. The van der Waals surface area contributed by atoms with Crippen molar-refractivity contribution in [3.63, 3.8) is 0 Å². The van der Waals surface area contributed by atoms with Gasteiger partial charge in [0.05, 0.1) is 11.7 Å². The Labute approximate surface area is 110 Å². The average Bonchev–Trinajstić information content (AvgIpc) is 2.38. The molecule has 0 bridgehead atoms. The van der Waals surface area contributed by atoms with E-state index in [0.717, 1.165) is 31.7 Å². The molecule has 0 saturated heterocycles. The first-order valence-electron chi connectivity index (χ1n) is 6.57. The first kappa shape index (κ1) is 14.2. The summed E-state index contributed by atoms with van der Waals surface area (Å²) in [5.41, 5.74) is 4.80. The minimum Gasteiger partial charge on any atom is -0.490 e. The fourth-order valence-electron chi connectivity index (χ4n) is 2.46. The van der Waals surface area contributed by atoms with Gasteiger partial charge in [-0.15, -0.1) is 0 Å². The van der Waals surface area contributed by atoms with Gasteiger partial charge in [0.1, 0.15) is 5.75 Å². The number of hydrogen-bond donors (Lipinski definition) is 1. The van der Waals surface area contributed by atoms with Crippen molar-refractivity contribution in [2.24, 2.45) is 5.73 Å². The maximum absolute atomic E-state index is 12.7. The molecule has 19 heavy (non-hydrogen) atoms. The van der Waals surface area contributed by atoms with E-state index in [4.69, 9.17) is 10.5 Å². The molecule has 1 aliphatic carbocycles. The van der Waals surface area contributed by atoms with Crippen LogP contribution >= 0.6 is 0 Å². The number of ether oxygens (including phenoxy) is 1. The minimum atomic E-state index is -4.36. The van der Waals surface area contributed by atoms with Crippen molar-refractivity contribution in [2.75, 3.05) is 0 Å². The van der Waals surface area contributed by atoms with E-state index in [1.807, 2.05) is 0 Å². The predicted molar refractivity (Wildman–Crippen MR) is 66.8 cm³/mol. The summed E-state index contributed by atoms with van der Waals surface area (Å²) >= 11 is 0. The van der Waals surface area contributed by atoms with Gasteiger partial charge in [0.2, 0.25) is 0 Å². The van der Waals surface area contributed by atoms with E-state index < -0.39 is 11.7 Å². The molecule has 0 aromatic heterocycles. The summed E-state index contributed by atoms with van der Waals surface area (Å²) in [5.74, 6) is 0.486. The molecule has 0 radical (unpaired) electrons. The first-order chi connectivity index (χ1) is 9.00. The third-order valence-corrected chi connectivity index (χ3v) is 3.46. The van der Waals surface area contributed by atoms with E-state index in [1.165, 1.54) is 18.6 Å². The average molecular weight is 273 g/mol. The zero-order chi connectivity index (χ0) is 13.9. The SMILES string of the molecule is NCc1cc(OC2CCCCC2)ccc1C(F)(F)F. The lowest BCUT2D eigenvalue weighted by Gasteiger charge is -2.23. The molecule has 1 aromatic rings. The highest BCUT2D eigenvalue weighted by Gasteiger charge is 2.33. The van der Waals surface area contributed by atoms with Gasteiger partial charge in [-0.1, -0.05) is 6.42 Å². The molecule has 0 unspecified atom stereocenters. The molecule has 0 aliphatic heterocycles. The Bertz CT molecular complexity index is 425. The van der Waals surface area contributed by atoms with Crippen molar-refractivity contribution in [2.45, 2.75) is 50.9 Å². The molecule has 1 aromatic carbocycles. The van der Waals surface area contributed by atoms with Crippen LogP contribution in [0, 0.1) is 0 Å². The van der Waals surface area contributed by atoms with Crippen LogP contribution in [-0.4, -0.2) is 6.10 Å². The molecule has 5 heteroatoms. The highest BCUT2D eigenvalue weighted by molar-refractivity contribution is 5.37. The van der Waals surface area contributed by atoms with Gasteiger partial charge >= 0.3 is 6.18 Å². The molecule has 0 amide bonds. The smallest absolute Gasteiger partial charge is 0.416 e. The summed E-state index contributed by atoms with van der Waals surface area (Å²) in [6, 6.07) is 3.86. The maximum Gasteiger partial charge on any atom is 0.416 e. The van der Waals surface area contributed by atoms with Crippen LogP contribution in [0.15, 0.2) is 18.2 Å². The molecular formula is C14H18F3NO. The zero-order valence-electron chi connectivity index (χ0n) is 10.7. The van der Waals surface area contributed by atoms with Crippen LogP contribution in [0.1, 0.15) is 43.2 Å². The topological polar surface area (TPSA) is 35.2 Å². The highest BCUT2D eigenvalue weighted by atomic mass is 19.4. The Morgan fingerprint density at radius 3 is 2.42 bits per heavy atom. The van der Waals surface area contributed by atoms with Gasteiger partial charge in [-0.3, -0.25) is 0 Å². The van der Waals surface area contributed by atoms with Crippen molar-refractivity contribution >= 4 is 0 Å². The third kappa shape index (κ3) is 3.62. The molecule has 2 N–H and O–H groups in total. The van der Waals surface area contributed by atoms with E-state index in [2.05, 4.69) is 0 Å². The molecule has 2 rings (SSSR count). The second-order valence-electron chi connectivity index (χ2n) is 4.90. The Kier molecular flexibility index (Phi) is 4.34. The normalized spacial score (nSPS) is 17.5. The van der Waals surface area contributed by atoms with E-state index in [1.54, 1.807) is 0 Å². The molecule has 1 saturated carbocycles. The molecule has 0 heterocycles. The molecule has 0 spiro atoms. The number of halogens is 3. The number of hydrogen-bond acceptors (Lipinski definition) is 2. The molecule has 1 aliphatic rings. The number of nitrogens with two attached hydrogens (primary N) is 1. The third-order valence-electron chi connectivity index (χ3n) is 3.46. The van der Waals surface area contributed by atoms with Crippen LogP contribution in [0.3, 0.4) is 0 Å². The fourth-order valence-corrected chi connectivity index (χ4v) is 2.46. The summed E-state index contributed by atoms with van der Waals surface area (Å²) in [6.07, 6.45) is 1.15. The van der Waals surface area contributed by atoms with E-state index in [0.29, 0.717) is 5.75 Å². The van der Waals surface area contributed by atoms with Gasteiger partial charge in [-0.05, 0) is 49.4 Å². The molecule has 0 atom stereocenters. The molecule has 2 nitrogen and oxygen atoms in total. The summed E-state index contributed by atoms with van der Waals surface area (Å²) < 4.78 is 43.9. The summed E-state index contributed by atoms with van der Waals surface area (Å²) in [7, 11) is 0. The van der Waals surface area contributed by atoms with Gasteiger partial charge < -0.3 is 10.5 Å². The second kappa shape index (κ2) is 5.82. The van der Waals surface area contributed by atoms with Crippen molar-refractivity contribution in [1.82, 2.24) is 0 Å². The molecule has 1 fully saturated rings. The highest BCUT2D eigenvalue weighted by Crippen LogP contribution is 2.34. The van der Waals surface area contributed by atoms with Crippen LogP contribution < -0.4 is 10.5 Å². The van der Waals surface area contributed by atoms with Crippen LogP contribution in [0.4, 0.5) is 13.2 Å². The summed E-state index contributed by atoms with van der Waals surface area (Å²) in [5, 5.41) is 0. The van der Waals surface area contributed by atoms with Crippen molar-refractivity contribution in [1.29, 1.82) is 0 Å². The zero-order valence-corrected chi connectivity index (χ0v) is 10.7. The van der Waals surface area contributed by atoms with Crippen molar-refractivity contribution < 1.29 is 17.9 Å². The lowest BCUT2D eigenvalue weighted by atomic mass is 9.97. The van der Waals surface area contributed by atoms with Gasteiger partial charge in [0.15, 0.2) is 0 Å². The van der Waals surface area contributed by atoms with Gasteiger partial charge in [-0.2, -0.15) is 13.2 Å².